The predicted molar refractivity (Wildman–Crippen MR) is 157 cm³/mol. The molecule has 0 aliphatic rings. The zero-order chi connectivity index (χ0) is 23.3. The number of thiazole rings is 1. The molecule has 3 heterocycles. The van der Waals surface area contributed by atoms with Crippen LogP contribution in [0.15, 0.2) is 18.3 Å². The van der Waals surface area contributed by atoms with Crippen molar-refractivity contribution < 1.29 is 0 Å². The Kier molecular flexibility index (Phi) is 15.8. The highest BCUT2D eigenvalue weighted by molar-refractivity contribution is 7.12. The molecule has 0 atom stereocenters. The van der Waals surface area contributed by atoms with Crippen LogP contribution in [0.1, 0.15) is 114 Å². The summed E-state index contributed by atoms with van der Waals surface area (Å²) in [5.41, 5.74) is 0.761. The van der Waals surface area contributed by atoms with Crippen LogP contribution in [0.25, 0.3) is 0 Å². The van der Waals surface area contributed by atoms with Crippen LogP contribution in [-0.2, 0) is 16.2 Å². The maximum Gasteiger partial charge on any atom is 0.122 e. The minimum atomic E-state index is 0. The van der Waals surface area contributed by atoms with Gasteiger partial charge in [-0.3, -0.25) is 0 Å². The lowest BCUT2D eigenvalue weighted by Gasteiger charge is -2.14. The summed E-state index contributed by atoms with van der Waals surface area (Å²) in [7, 11) is 0. The fourth-order valence-corrected chi connectivity index (χ4v) is 4.66. The van der Waals surface area contributed by atoms with Gasteiger partial charge in [0.15, 0.2) is 0 Å². The number of hydrogen-bond acceptors (Lipinski definition) is 6. The smallest absolute Gasteiger partial charge is 0.122 e. The molecule has 0 unspecified atom stereocenters. The number of thiophene rings is 1. The Balaban J connectivity index is -0.000000391. The Morgan fingerprint density at radius 2 is 1.09 bits per heavy atom. The van der Waals surface area contributed by atoms with Crippen molar-refractivity contribution in [2.45, 2.75) is 122 Å². The number of aromatic nitrogens is 3. The van der Waals surface area contributed by atoms with E-state index in [1.165, 1.54) is 14.6 Å². The van der Waals surface area contributed by atoms with E-state index in [0.717, 1.165) is 15.0 Å². The Hall–Kier alpha value is -1.11. The van der Waals surface area contributed by atoms with Gasteiger partial charge in [0, 0.05) is 26.2 Å². The van der Waals surface area contributed by atoms with Crippen LogP contribution < -0.4 is 0 Å². The largest absolute Gasteiger partial charge is 0.250 e. The molecule has 0 radical (unpaired) electrons. The molecule has 33 heavy (non-hydrogen) atoms. The molecule has 6 heteroatoms. The predicted octanol–water partition coefficient (Wildman–Crippen LogP) is 10.2. The number of rotatable bonds is 0. The van der Waals surface area contributed by atoms with Crippen LogP contribution in [0.5, 0.6) is 0 Å². The highest BCUT2D eigenvalue weighted by Crippen LogP contribution is 2.29. The molecule has 0 amide bonds. The molecule has 192 valence electrons. The van der Waals surface area contributed by atoms with E-state index in [4.69, 9.17) is 0 Å². The minimum absolute atomic E-state index is 0. The summed E-state index contributed by atoms with van der Waals surface area (Å²) in [6, 6.07) is 4.41. The summed E-state index contributed by atoms with van der Waals surface area (Å²) in [5, 5.41) is 11.3. The highest BCUT2D eigenvalue weighted by Gasteiger charge is 2.18. The molecule has 0 bridgehead atoms. The van der Waals surface area contributed by atoms with Gasteiger partial charge in [0.25, 0.3) is 0 Å². The van der Waals surface area contributed by atoms with Crippen LogP contribution in [0.2, 0.25) is 0 Å². The van der Waals surface area contributed by atoms with Crippen LogP contribution in [-0.4, -0.2) is 15.2 Å². The first-order valence-electron chi connectivity index (χ1n) is 10.3. The van der Waals surface area contributed by atoms with Gasteiger partial charge in [-0.15, -0.1) is 44.2 Å². The van der Waals surface area contributed by atoms with Crippen molar-refractivity contribution in [2.24, 2.45) is 0 Å². The monoisotopic (exact) mass is 513 g/mol. The number of aryl methyl sites for hydroxylation is 3. The van der Waals surface area contributed by atoms with E-state index in [1.807, 2.05) is 31.4 Å². The molecule has 3 nitrogen and oxygen atoms in total. The summed E-state index contributed by atoms with van der Waals surface area (Å²) in [6.07, 6.45) is 1.97. The molecule has 0 aliphatic heterocycles. The molecule has 0 spiro atoms. The Morgan fingerprint density at radius 3 is 1.27 bits per heavy atom. The summed E-state index contributed by atoms with van der Waals surface area (Å²) in [5.74, 6) is 0. The second-order valence-corrected chi connectivity index (χ2v) is 14.2. The summed E-state index contributed by atoms with van der Waals surface area (Å²) in [4.78, 5) is 8.45. The van der Waals surface area contributed by atoms with Gasteiger partial charge in [-0.05, 0) is 43.7 Å². The molecule has 0 saturated carbocycles. The van der Waals surface area contributed by atoms with Crippen LogP contribution in [0.4, 0.5) is 0 Å². The lowest BCUT2D eigenvalue weighted by molar-refractivity contribution is 0.578. The van der Waals surface area contributed by atoms with Crippen molar-refractivity contribution in [3.63, 3.8) is 0 Å². The van der Waals surface area contributed by atoms with Gasteiger partial charge in [-0.25, -0.2) is 4.98 Å². The van der Waals surface area contributed by atoms with E-state index in [9.17, 15) is 0 Å². The lowest BCUT2D eigenvalue weighted by Crippen LogP contribution is -2.10. The quantitative estimate of drug-likeness (QED) is 0.300. The minimum Gasteiger partial charge on any atom is -0.250 e. The molecule has 3 rings (SSSR count). The third-order valence-electron chi connectivity index (χ3n) is 4.01. The molecular weight excluding hydrogens is 463 g/mol. The van der Waals surface area contributed by atoms with E-state index in [-0.39, 0.29) is 33.1 Å². The Bertz CT molecular complexity index is 779. The second-order valence-electron chi connectivity index (χ2n) is 10.5. The molecular formula is C27H51N3S3. The van der Waals surface area contributed by atoms with Crippen molar-refractivity contribution in [3.8, 4) is 0 Å². The van der Waals surface area contributed by atoms with Gasteiger partial charge >= 0.3 is 0 Å². The van der Waals surface area contributed by atoms with Crippen molar-refractivity contribution in [3.05, 3.63) is 48.0 Å². The molecule has 3 aromatic heterocycles. The summed E-state index contributed by atoms with van der Waals surface area (Å²) < 4.78 is 0. The van der Waals surface area contributed by atoms with Crippen LogP contribution in [0, 0.1) is 20.8 Å². The van der Waals surface area contributed by atoms with Gasteiger partial charge < -0.3 is 0 Å². The molecule has 0 aromatic carbocycles. The lowest BCUT2D eigenvalue weighted by atomic mass is 9.95. The fraction of sp³-hybridized carbons (Fsp3) is 0.667. The van der Waals surface area contributed by atoms with Gasteiger partial charge in [0.2, 0.25) is 0 Å². The van der Waals surface area contributed by atoms with Crippen LogP contribution in [0.3, 0.4) is 0 Å². The average molecular weight is 514 g/mol. The van der Waals surface area contributed by atoms with E-state index in [0.29, 0.717) is 5.41 Å². The standard InChI is InChI=1S/C9H14S.C8H13NS.C7H12N2S.3CH4/c1-7-5-6-8(10-7)9(2,3)4;1-6-9-5-7(10-6)8(2,3)4;1-5-8-9-6(10-5)7(2,3)4;;;/h5-6H,1-4H3;5H,1-4H3;1-4H3;3*1H4. The van der Waals surface area contributed by atoms with Crippen molar-refractivity contribution >= 4 is 34.0 Å². The van der Waals surface area contributed by atoms with Gasteiger partial charge in [-0.2, -0.15) is 0 Å². The maximum atomic E-state index is 4.20. The number of hydrogen-bond donors (Lipinski definition) is 0. The Morgan fingerprint density at radius 1 is 0.576 bits per heavy atom. The molecule has 0 N–H and O–H groups in total. The molecule has 3 aromatic rings. The maximum absolute atomic E-state index is 4.20. The third kappa shape index (κ3) is 13.4. The van der Waals surface area contributed by atoms with Crippen LogP contribution >= 0.6 is 34.0 Å². The molecule has 0 aliphatic carbocycles. The second kappa shape index (κ2) is 14.3. The van der Waals surface area contributed by atoms with Gasteiger partial charge in [0.1, 0.15) is 10.0 Å². The van der Waals surface area contributed by atoms with Crippen molar-refractivity contribution in [1.82, 2.24) is 15.2 Å². The summed E-state index contributed by atoms with van der Waals surface area (Å²) in [6.45, 7) is 26.0. The van der Waals surface area contributed by atoms with Gasteiger partial charge in [0.05, 0.1) is 5.01 Å². The average Bonchev–Trinajstić information content (AvgIpc) is 3.27. The zero-order valence-corrected chi connectivity index (χ0v) is 23.2. The van der Waals surface area contributed by atoms with Crippen molar-refractivity contribution in [2.75, 3.05) is 0 Å². The molecule has 0 fully saturated rings. The first kappa shape index (κ1) is 36.5. The van der Waals surface area contributed by atoms with E-state index < -0.39 is 0 Å². The SMILES string of the molecule is C.C.C.Cc1ccc(C(C)(C)C)s1.Cc1ncc(C(C)(C)C)s1.Cc1nnc(C(C)(C)C)s1. The normalized spacial score (nSPS) is 10.9. The molecule has 0 saturated heterocycles. The van der Waals surface area contributed by atoms with Crippen molar-refractivity contribution in [1.29, 1.82) is 0 Å². The first-order chi connectivity index (χ1) is 13.5. The summed E-state index contributed by atoms with van der Waals surface area (Å²) >= 11 is 5.35. The van der Waals surface area contributed by atoms with E-state index in [1.54, 1.807) is 22.7 Å². The third-order valence-corrected chi connectivity index (χ3v) is 8.04. The van der Waals surface area contributed by atoms with E-state index >= 15 is 0 Å². The topological polar surface area (TPSA) is 38.7 Å². The fourth-order valence-electron chi connectivity index (χ4n) is 2.15. The van der Waals surface area contributed by atoms with Gasteiger partial charge in [-0.1, -0.05) is 84.6 Å². The Labute approximate surface area is 218 Å². The first-order valence-corrected chi connectivity index (χ1v) is 12.8. The van der Waals surface area contributed by atoms with E-state index in [2.05, 4.69) is 96.6 Å². The number of nitrogens with zero attached hydrogens (tertiary/aromatic N) is 3. The zero-order valence-electron chi connectivity index (χ0n) is 20.8. The highest BCUT2D eigenvalue weighted by atomic mass is 32.1.